The molecular weight excluding hydrogens is 476 g/mol. The van der Waals surface area contributed by atoms with Crippen LogP contribution in [-0.2, 0) is 0 Å². The lowest BCUT2D eigenvalue weighted by Crippen LogP contribution is -2.44. The van der Waals surface area contributed by atoms with Crippen molar-refractivity contribution >= 4 is 0 Å². The molecule has 3 rings (SSSR count). The molecule has 3 aliphatic rings. The van der Waals surface area contributed by atoms with Gasteiger partial charge in [0, 0.05) is 65.0 Å². The van der Waals surface area contributed by atoms with Crippen molar-refractivity contribution in [3.63, 3.8) is 0 Å². The molecule has 0 aromatic heterocycles. The number of aliphatic hydroxyl groups excluding tert-OH is 5. The molecule has 3 heterocycles. The van der Waals surface area contributed by atoms with Crippen molar-refractivity contribution in [2.75, 3.05) is 112 Å². The van der Waals surface area contributed by atoms with Gasteiger partial charge in [-0.2, -0.15) is 0 Å². The Balaban J connectivity index is 0. The van der Waals surface area contributed by atoms with Crippen molar-refractivity contribution in [1.82, 2.24) is 31.5 Å². The summed E-state index contributed by atoms with van der Waals surface area (Å²) in [5, 5.41) is 57.7. The highest BCUT2D eigenvalue weighted by molar-refractivity contribution is 4.72. The first-order chi connectivity index (χ1) is 18.1. The van der Waals surface area contributed by atoms with E-state index >= 15 is 0 Å². The van der Waals surface area contributed by atoms with Gasteiger partial charge in [0.2, 0.25) is 0 Å². The summed E-state index contributed by atoms with van der Waals surface area (Å²) in [6, 6.07) is 0.403. The first kappa shape index (κ1) is 38.7. The van der Waals surface area contributed by atoms with Gasteiger partial charge in [0.15, 0.2) is 0 Å². The van der Waals surface area contributed by atoms with Gasteiger partial charge in [-0.25, -0.2) is 0 Å². The molecule has 0 amide bonds. The standard InChI is InChI=1S/C6H14N2O.C6H13NO.C5H11NO.C5H13NO.C4H11NO/c9-6-5-8-3-1-7-2-4-8;8-5-6-2-1-3-7-4-6;7-4-5-2-1-3-6-5;1-2-3-6-4-5-7;1-2-5-3-4-6/h7,9H,1-6H2;6-8H,1-5H2;5-7H,1-4H2;6-7H,2-5H2,1H3;5-6H,2-4H2,1H3/t;;5-;;/m..1../s1. The van der Waals surface area contributed by atoms with Crippen molar-refractivity contribution in [3.05, 3.63) is 0 Å². The van der Waals surface area contributed by atoms with E-state index in [0.29, 0.717) is 31.8 Å². The van der Waals surface area contributed by atoms with Crippen LogP contribution in [0.5, 0.6) is 0 Å². The van der Waals surface area contributed by atoms with E-state index in [2.05, 4.69) is 38.4 Å². The molecule has 3 saturated heterocycles. The van der Waals surface area contributed by atoms with Crippen molar-refractivity contribution in [2.45, 2.75) is 52.0 Å². The number of piperidine rings is 1. The Morgan fingerprint density at radius 1 is 0.730 bits per heavy atom. The molecule has 11 heteroatoms. The summed E-state index contributed by atoms with van der Waals surface area (Å²) >= 11 is 0. The number of hydrogen-bond donors (Lipinski definition) is 10. The average Bonchev–Trinajstić information content (AvgIpc) is 3.49. The molecule has 0 saturated carbocycles. The van der Waals surface area contributed by atoms with Crippen LogP contribution in [0, 0.1) is 5.92 Å². The summed E-state index contributed by atoms with van der Waals surface area (Å²) < 4.78 is 0. The van der Waals surface area contributed by atoms with E-state index in [1.54, 1.807) is 0 Å². The van der Waals surface area contributed by atoms with E-state index in [-0.39, 0.29) is 13.2 Å². The zero-order valence-electron chi connectivity index (χ0n) is 23.9. The molecule has 2 atom stereocenters. The number of rotatable bonds is 11. The second-order valence-electron chi connectivity index (χ2n) is 9.24. The molecule has 37 heavy (non-hydrogen) atoms. The fourth-order valence-corrected chi connectivity index (χ4v) is 3.71. The number of hydrogen-bond acceptors (Lipinski definition) is 11. The van der Waals surface area contributed by atoms with Crippen LogP contribution in [0.1, 0.15) is 46.0 Å². The van der Waals surface area contributed by atoms with Crippen LogP contribution >= 0.6 is 0 Å². The van der Waals surface area contributed by atoms with Crippen molar-refractivity contribution in [1.29, 1.82) is 0 Å². The molecule has 3 aliphatic heterocycles. The number of piperazine rings is 1. The van der Waals surface area contributed by atoms with Crippen LogP contribution in [0.25, 0.3) is 0 Å². The molecule has 0 radical (unpaired) electrons. The number of β-amino-alcohol motifs (C(OH)–C–C–N with tert-alkyl or cyclic N) is 1. The van der Waals surface area contributed by atoms with E-state index in [0.717, 1.165) is 91.4 Å². The number of nitrogens with zero attached hydrogens (tertiary/aromatic N) is 1. The van der Waals surface area contributed by atoms with Crippen molar-refractivity contribution in [2.24, 2.45) is 5.92 Å². The lowest BCUT2D eigenvalue weighted by atomic mass is 10.0. The lowest BCUT2D eigenvalue weighted by Gasteiger charge is -2.25. The van der Waals surface area contributed by atoms with Gasteiger partial charge in [-0.3, -0.25) is 4.90 Å². The number of likely N-dealkylation sites (N-methyl/N-ethyl adjacent to an activating group) is 1. The number of nitrogens with one attached hydrogen (secondary N) is 5. The van der Waals surface area contributed by atoms with Gasteiger partial charge >= 0.3 is 0 Å². The first-order valence-electron chi connectivity index (χ1n) is 14.5. The van der Waals surface area contributed by atoms with Gasteiger partial charge in [-0.05, 0) is 64.2 Å². The number of aliphatic hydroxyl groups is 5. The van der Waals surface area contributed by atoms with E-state index in [9.17, 15) is 0 Å². The van der Waals surface area contributed by atoms with Crippen LogP contribution in [0.2, 0.25) is 0 Å². The van der Waals surface area contributed by atoms with Crippen LogP contribution in [0.3, 0.4) is 0 Å². The second kappa shape index (κ2) is 33.6. The first-order valence-corrected chi connectivity index (χ1v) is 14.5. The van der Waals surface area contributed by atoms with Gasteiger partial charge in [0.25, 0.3) is 0 Å². The third kappa shape index (κ3) is 30.0. The van der Waals surface area contributed by atoms with E-state index < -0.39 is 0 Å². The minimum absolute atomic E-state index is 0.244. The van der Waals surface area contributed by atoms with Gasteiger partial charge in [-0.1, -0.05) is 13.8 Å². The minimum atomic E-state index is 0.244. The zero-order valence-corrected chi connectivity index (χ0v) is 23.9. The van der Waals surface area contributed by atoms with Crippen molar-refractivity contribution in [3.8, 4) is 0 Å². The summed E-state index contributed by atoms with van der Waals surface area (Å²) in [5.74, 6) is 0.531. The normalized spacial score (nSPS) is 21.2. The third-order valence-electron chi connectivity index (χ3n) is 5.92. The van der Waals surface area contributed by atoms with Crippen LogP contribution in [-0.4, -0.2) is 148 Å². The van der Waals surface area contributed by atoms with Gasteiger partial charge in [-0.15, -0.1) is 0 Å². The van der Waals surface area contributed by atoms with Gasteiger partial charge in [0.05, 0.1) is 26.4 Å². The molecule has 3 fully saturated rings. The van der Waals surface area contributed by atoms with Crippen LogP contribution < -0.4 is 26.6 Å². The summed E-state index contributed by atoms with van der Waals surface area (Å²) in [6.45, 7) is 17.3. The Morgan fingerprint density at radius 2 is 1.41 bits per heavy atom. The van der Waals surface area contributed by atoms with E-state index in [1.165, 1.54) is 19.3 Å². The highest BCUT2D eigenvalue weighted by atomic mass is 16.3. The summed E-state index contributed by atoms with van der Waals surface area (Å²) in [4.78, 5) is 2.26. The molecule has 11 nitrogen and oxygen atoms in total. The average molecular weight is 539 g/mol. The molecule has 1 unspecified atom stereocenters. The Labute approximate surface area is 226 Å². The maximum atomic E-state index is 8.65. The lowest BCUT2D eigenvalue weighted by molar-refractivity contribution is 0.180. The summed E-state index contributed by atoms with van der Waals surface area (Å²) in [5.41, 5.74) is 0. The van der Waals surface area contributed by atoms with Gasteiger partial charge < -0.3 is 52.1 Å². The largest absolute Gasteiger partial charge is 0.396 e. The predicted octanol–water partition coefficient (Wildman–Crippen LogP) is -1.84. The highest BCUT2D eigenvalue weighted by Crippen LogP contribution is 2.07. The Kier molecular flexibility index (Phi) is 35.1. The maximum Gasteiger partial charge on any atom is 0.0584 e. The third-order valence-corrected chi connectivity index (χ3v) is 5.92. The monoisotopic (exact) mass is 538 g/mol. The molecule has 0 aromatic carbocycles. The Hall–Kier alpha value is -0.440. The topological polar surface area (TPSA) is 165 Å². The fraction of sp³-hybridized carbons (Fsp3) is 1.00. The van der Waals surface area contributed by atoms with E-state index in [4.69, 9.17) is 25.5 Å². The van der Waals surface area contributed by atoms with Crippen LogP contribution in [0.15, 0.2) is 0 Å². The summed E-state index contributed by atoms with van der Waals surface area (Å²) in [7, 11) is 0. The van der Waals surface area contributed by atoms with Crippen LogP contribution in [0.4, 0.5) is 0 Å². The zero-order chi connectivity index (χ0) is 27.8. The molecular formula is C26H62N6O5. The Morgan fingerprint density at radius 3 is 1.78 bits per heavy atom. The van der Waals surface area contributed by atoms with E-state index in [1.807, 2.05) is 6.92 Å². The molecule has 0 aliphatic carbocycles. The van der Waals surface area contributed by atoms with Gasteiger partial charge in [0.1, 0.15) is 0 Å². The SMILES string of the molecule is CCCNCCO.CCNCCO.OCC1CCCNC1.OCCN1CCNCC1.OC[C@H]1CCCN1. The summed E-state index contributed by atoms with van der Waals surface area (Å²) in [6.07, 6.45) is 5.94. The predicted molar refractivity (Wildman–Crippen MR) is 153 cm³/mol. The fourth-order valence-electron chi connectivity index (χ4n) is 3.71. The second-order valence-corrected chi connectivity index (χ2v) is 9.24. The van der Waals surface area contributed by atoms with Crippen molar-refractivity contribution < 1.29 is 25.5 Å². The molecule has 0 bridgehead atoms. The molecule has 226 valence electrons. The minimum Gasteiger partial charge on any atom is -0.396 e. The molecule has 0 aromatic rings. The Bertz CT molecular complexity index is 387. The smallest absolute Gasteiger partial charge is 0.0584 e. The highest BCUT2D eigenvalue weighted by Gasteiger charge is 2.11. The molecule has 0 spiro atoms. The maximum absolute atomic E-state index is 8.65. The molecule has 10 N–H and O–H groups in total. The quantitative estimate of drug-likeness (QED) is 0.134.